The zero-order valence-electron chi connectivity index (χ0n) is 27.1. The average Bonchev–Trinajstić information content (AvgIpc) is 3.66. The second kappa shape index (κ2) is 10.2. The van der Waals surface area contributed by atoms with Crippen LogP contribution < -0.4 is 4.74 Å². The second-order valence-electron chi connectivity index (χ2n) is 13.4. The molecule has 0 unspecified atom stereocenters. The Labute approximate surface area is 289 Å². The van der Waals surface area contributed by atoms with Gasteiger partial charge in [-0.05, 0) is 84.4 Å². The van der Waals surface area contributed by atoms with Crippen LogP contribution in [0.5, 0.6) is 11.5 Å². The highest BCUT2D eigenvalue weighted by Crippen LogP contribution is 2.64. The van der Waals surface area contributed by atoms with Crippen LogP contribution in [-0.4, -0.2) is 4.98 Å². The van der Waals surface area contributed by atoms with Crippen molar-refractivity contribution in [3.05, 3.63) is 198 Å². The molecular formula is C48H29NO. The molecule has 8 aromatic carbocycles. The van der Waals surface area contributed by atoms with Crippen LogP contribution in [0.4, 0.5) is 0 Å². The van der Waals surface area contributed by atoms with E-state index >= 15 is 0 Å². The molecule has 9 aromatic rings. The molecule has 1 heterocycles. The molecule has 2 aliphatic rings. The van der Waals surface area contributed by atoms with Gasteiger partial charge >= 0.3 is 0 Å². The lowest BCUT2D eigenvalue weighted by molar-refractivity contribution is 0.495. The third kappa shape index (κ3) is 3.55. The van der Waals surface area contributed by atoms with E-state index in [9.17, 15) is 0 Å². The van der Waals surface area contributed by atoms with Crippen molar-refractivity contribution in [2.24, 2.45) is 0 Å². The maximum absolute atomic E-state index is 7.32. The van der Waals surface area contributed by atoms with Crippen molar-refractivity contribution in [2.75, 3.05) is 0 Å². The fourth-order valence-corrected chi connectivity index (χ4v) is 9.05. The van der Waals surface area contributed by atoms with E-state index < -0.39 is 5.41 Å². The Bertz CT molecular complexity index is 2760. The molecule has 1 spiro atoms. The minimum atomic E-state index is -0.424. The Hall–Kier alpha value is -6.51. The Balaban J connectivity index is 1.18. The zero-order chi connectivity index (χ0) is 32.8. The first kappa shape index (κ1) is 27.4. The molecule has 0 N–H and O–H groups in total. The third-order valence-corrected chi connectivity index (χ3v) is 11.0. The summed E-state index contributed by atoms with van der Waals surface area (Å²) in [5, 5.41) is 6.77. The lowest BCUT2D eigenvalue weighted by atomic mass is 9.70. The van der Waals surface area contributed by atoms with Gasteiger partial charge in [0.15, 0.2) is 0 Å². The third-order valence-electron chi connectivity index (χ3n) is 11.0. The normalized spacial score (nSPS) is 13.4. The van der Waals surface area contributed by atoms with E-state index in [1.807, 2.05) is 12.4 Å². The van der Waals surface area contributed by atoms with Crippen molar-refractivity contribution >= 4 is 32.3 Å². The largest absolute Gasteiger partial charge is 0.455 e. The van der Waals surface area contributed by atoms with Crippen molar-refractivity contribution in [3.63, 3.8) is 0 Å². The number of hydrogen-bond acceptors (Lipinski definition) is 2. The molecule has 50 heavy (non-hydrogen) atoms. The summed E-state index contributed by atoms with van der Waals surface area (Å²) in [5.74, 6) is 1.71. The van der Waals surface area contributed by atoms with E-state index in [1.54, 1.807) is 0 Å². The maximum Gasteiger partial charge on any atom is 0.143 e. The van der Waals surface area contributed by atoms with Crippen molar-refractivity contribution in [1.82, 2.24) is 4.98 Å². The quantitative estimate of drug-likeness (QED) is 0.180. The molecule has 1 aromatic heterocycles. The standard InChI is InChI=1S/C48H29NO/c1-2-13-31-28-32(25-24-30(31)12-1)45-35-16-3-4-17-36(35)47(37-26-27-49-29-39(37)45)50-44-23-11-22-43-46(44)38-18-7-10-21-42(38)48(43)40-19-8-5-14-33(40)34-15-6-9-20-41(34)48/h1-29H. The Kier molecular flexibility index (Phi) is 5.62. The fourth-order valence-electron chi connectivity index (χ4n) is 9.05. The topological polar surface area (TPSA) is 22.1 Å². The molecular weight excluding hydrogens is 607 g/mol. The molecule has 0 radical (unpaired) electrons. The first-order valence-electron chi connectivity index (χ1n) is 17.2. The number of hydrogen-bond donors (Lipinski definition) is 0. The summed E-state index contributed by atoms with van der Waals surface area (Å²) in [6.07, 6.45) is 3.87. The summed E-state index contributed by atoms with van der Waals surface area (Å²) in [5.41, 5.74) is 12.1. The summed E-state index contributed by atoms with van der Waals surface area (Å²) in [6, 6.07) is 59.4. The van der Waals surface area contributed by atoms with E-state index in [2.05, 4.69) is 169 Å². The van der Waals surface area contributed by atoms with E-state index in [4.69, 9.17) is 4.74 Å². The number of rotatable bonds is 3. The zero-order valence-corrected chi connectivity index (χ0v) is 27.1. The minimum Gasteiger partial charge on any atom is -0.455 e. The first-order chi connectivity index (χ1) is 24.8. The highest BCUT2D eigenvalue weighted by atomic mass is 16.5. The summed E-state index contributed by atoms with van der Waals surface area (Å²) in [6.45, 7) is 0. The van der Waals surface area contributed by atoms with Crippen LogP contribution >= 0.6 is 0 Å². The number of benzene rings is 8. The van der Waals surface area contributed by atoms with Gasteiger partial charge in [0.1, 0.15) is 11.5 Å². The second-order valence-corrected chi connectivity index (χ2v) is 13.4. The maximum atomic E-state index is 7.32. The fraction of sp³-hybridized carbons (Fsp3) is 0.0208. The van der Waals surface area contributed by atoms with Crippen LogP contribution in [0.25, 0.3) is 65.7 Å². The Morgan fingerprint density at radius 3 is 1.80 bits per heavy atom. The van der Waals surface area contributed by atoms with E-state index in [0.29, 0.717) is 0 Å². The van der Waals surface area contributed by atoms with Gasteiger partial charge in [-0.25, -0.2) is 0 Å². The molecule has 0 saturated heterocycles. The molecule has 232 valence electrons. The molecule has 2 nitrogen and oxygen atoms in total. The molecule has 2 aliphatic carbocycles. The van der Waals surface area contributed by atoms with Crippen LogP contribution in [0, 0.1) is 0 Å². The molecule has 0 bridgehead atoms. The smallest absolute Gasteiger partial charge is 0.143 e. The van der Waals surface area contributed by atoms with E-state index in [0.717, 1.165) is 38.6 Å². The van der Waals surface area contributed by atoms with Gasteiger partial charge in [-0.3, -0.25) is 4.98 Å². The van der Waals surface area contributed by atoms with E-state index in [-0.39, 0.29) is 0 Å². The molecule has 0 saturated carbocycles. The van der Waals surface area contributed by atoms with Gasteiger partial charge in [0.05, 0.1) is 5.41 Å². The number of fused-ring (bicyclic) bond motifs is 13. The van der Waals surface area contributed by atoms with Crippen LogP contribution in [0.15, 0.2) is 176 Å². The number of nitrogens with zero attached hydrogens (tertiary/aromatic N) is 1. The lowest BCUT2D eigenvalue weighted by Crippen LogP contribution is -2.25. The number of aromatic nitrogens is 1. The van der Waals surface area contributed by atoms with Crippen molar-refractivity contribution in [3.8, 4) is 44.9 Å². The van der Waals surface area contributed by atoms with Crippen LogP contribution in [0.3, 0.4) is 0 Å². The molecule has 0 atom stereocenters. The molecule has 0 aliphatic heterocycles. The highest BCUT2D eigenvalue weighted by Gasteiger charge is 2.52. The number of pyridine rings is 1. The summed E-state index contributed by atoms with van der Waals surface area (Å²) >= 11 is 0. The van der Waals surface area contributed by atoms with Crippen LogP contribution in [-0.2, 0) is 5.41 Å². The Morgan fingerprint density at radius 1 is 0.420 bits per heavy atom. The predicted molar refractivity (Wildman–Crippen MR) is 205 cm³/mol. The molecule has 11 rings (SSSR count). The van der Waals surface area contributed by atoms with Crippen LogP contribution in [0.2, 0.25) is 0 Å². The number of ether oxygens (including phenoxy) is 1. The van der Waals surface area contributed by atoms with Gasteiger partial charge < -0.3 is 4.74 Å². The molecule has 2 heteroatoms. The molecule has 0 fully saturated rings. The summed E-state index contributed by atoms with van der Waals surface area (Å²) in [7, 11) is 0. The van der Waals surface area contributed by atoms with Gasteiger partial charge in [-0.15, -0.1) is 0 Å². The summed E-state index contributed by atoms with van der Waals surface area (Å²) < 4.78 is 7.32. The van der Waals surface area contributed by atoms with Crippen molar-refractivity contribution in [1.29, 1.82) is 0 Å². The predicted octanol–water partition coefficient (Wildman–Crippen LogP) is 12.3. The van der Waals surface area contributed by atoms with E-state index in [1.165, 1.54) is 60.8 Å². The first-order valence-corrected chi connectivity index (χ1v) is 17.2. The van der Waals surface area contributed by atoms with Gasteiger partial charge in [0.2, 0.25) is 0 Å². The van der Waals surface area contributed by atoms with Gasteiger partial charge in [0, 0.05) is 34.1 Å². The monoisotopic (exact) mass is 635 g/mol. The summed E-state index contributed by atoms with van der Waals surface area (Å²) in [4.78, 5) is 4.64. The minimum absolute atomic E-state index is 0.424. The van der Waals surface area contributed by atoms with Crippen LogP contribution in [0.1, 0.15) is 22.3 Å². The molecule has 0 amide bonds. The lowest BCUT2D eigenvalue weighted by Gasteiger charge is -2.30. The highest BCUT2D eigenvalue weighted by molar-refractivity contribution is 6.17. The van der Waals surface area contributed by atoms with Crippen molar-refractivity contribution in [2.45, 2.75) is 5.41 Å². The van der Waals surface area contributed by atoms with Gasteiger partial charge in [-0.2, -0.15) is 0 Å². The van der Waals surface area contributed by atoms with Gasteiger partial charge in [-0.1, -0.05) is 146 Å². The van der Waals surface area contributed by atoms with Crippen molar-refractivity contribution < 1.29 is 4.74 Å². The Morgan fingerprint density at radius 2 is 1.02 bits per heavy atom. The SMILES string of the molecule is c1ccc2c(c1)-c1ccccc1C21c2ccccc2-c2c(Oc3c4ccccc4c(-c4ccc5ccccc5c4)c4cnccc34)cccc21. The van der Waals surface area contributed by atoms with Gasteiger partial charge in [0.25, 0.3) is 0 Å². The average molecular weight is 636 g/mol.